The Bertz CT molecular complexity index is 1290. The van der Waals surface area contributed by atoms with Crippen molar-refractivity contribution in [1.82, 2.24) is 15.5 Å². The number of hydrogen-bond acceptors (Lipinski definition) is 5. The molecule has 2 aromatic heterocycles. The van der Waals surface area contributed by atoms with Crippen LogP contribution in [0.15, 0.2) is 59.3 Å². The molecule has 3 heterocycles. The highest BCUT2D eigenvalue weighted by Crippen LogP contribution is 2.37. The first-order chi connectivity index (χ1) is 17.3. The fraction of sp³-hybridized carbons (Fsp3) is 0.357. The first kappa shape index (κ1) is 22.3. The molecule has 1 atom stereocenters. The molecule has 180 valence electrons. The van der Waals surface area contributed by atoms with Crippen molar-refractivity contribution in [2.45, 2.75) is 31.7 Å². The smallest absolute Gasteiger partial charge is 0.251 e. The van der Waals surface area contributed by atoms with Gasteiger partial charge >= 0.3 is 0 Å². The predicted octanol–water partition coefficient (Wildman–Crippen LogP) is 5.79. The Hall–Kier alpha value is -3.16. The Morgan fingerprint density at radius 1 is 1.09 bits per heavy atom. The van der Waals surface area contributed by atoms with Gasteiger partial charge in [-0.05, 0) is 71.5 Å². The summed E-state index contributed by atoms with van der Waals surface area (Å²) in [7, 11) is 0. The lowest BCUT2D eigenvalue weighted by Crippen LogP contribution is -2.36. The molecule has 35 heavy (non-hydrogen) atoms. The standard InChI is InChI=1S/C28H30N4O2S/c33-28(29-26(19-3-1-2-4-19)22-11-16-35-18-22)21-7-10-25-24(17-21)27(31-30-25)20-5-8-23(9-6-20)32-12-14-34-15-13-32/h5-11,16-19,26H,1-4,12-15H2,(H,29,33)(H,30,31)/t26-/m1/s1. The summed E-state index contributed by atoms with van der Waals surface area (Å²) in [4.78, 5) is 15.7. The maximum absolute atomic E-state index is 13.4. The Morgan fingerprint density at radius 2 is 1.89 bits per heavy atom. The van der Waals surface area contributed by atoms with Crippen molar-refractivity contribution < 1.29 is 9.53 Å². The van der Waals surface area contributed by atoms with Crippen LogP contribution in [0, 0.1) is 5.92 Å². The number of fused-ring (bicyclic) bond motifs is 1. The van der Waals surface area contributed by atoms with Gasteiger partial charge in [-0.1, -0.05) is 25.0 Å². The van der Waals surface area contributed by atoms with Crippen molar-refractivity contribution in [2.75, 3.05) is 31.2 Å². The van der Waals surface area contributed by atoms with Crippen molar-refractivity contribution in [2.24, 2.45) is 5.92 Å². The van der Waals surface area contributed by atoms with Crippen molar-refractivity contribution >= 4 is 33.8 Å². The third-order valence-corrected chi connectivity index (χ3v) is 8.10. The zero-order chi connectivity index (χ0) is 23.6. The molecule has 1 saturated carbocycles. The van der Waals surface area contributed by atoms with Crippen LogP contribution < -0.4 is 10.2 Å². The largest absolute Gasteiger partial charge is 0.378 e. The number of thiophene rings is 1. The highest BCUT2D eigenvalue weighted by Gasteiger charge is 2.28. The van der Waals surface area contributed by atoms with Crippen LogP contribution in [0.1, 0.15) is 47.6 Å². The number of H-pyrrole nitrogens is 1. The van der Waals surface area contributed by atoms with Gasteiger partial charge in [-0.15, -0.1) is 0 Å². The lowest BCUT2D eigenvalue weighted by molar-refractivity contribution is 0.0922. The number of aromatic nitrogens is 2. The van der Waals surface area contributed by atoms with Gasteiger partial charge in [0.25, 0.3) is 5.91 Å². The van der Waals surface area contributed by atoms with Crippen molar-refractivity contribution in [3.63, 3.8) is 0 Å². The molecule has 6 nitrogen and oxygen atoms in total. The van der Waals surface area contributed by atoms with Gasteiger partial charge in [-0.3, -0.25) is 9.89 Å². The van der Waals surface area contributed by atoms with E-state index in [0.717, 1.165) is 48.5 Å². The molecule has 6 rings (SSSR count). The molecule has 1 saturated heterocycles. The summed E-state index contributed by atoms with van der Waals surface area (Å²) in [5, 5.41) is 16.3. The lowest BCUT2D eigenvalue weighted by atomic mass is 9.93. The van der Waals surface area contributed by atoms with Crippen LogP contribution in [0.4, 0.5) is 5.69 Å². The van der Waals surface area contributed by atoms with Gasteiger partial charge in [-0.25, -0.2) is 0 Å². The van der Waals surface area contributed by atoms with Gasteiger partial charge in [0.2, 0.25) is 0 Å². The molecule has 2 fully saturated rings. The Morgan fingerprint density at radius 3 is 2.63 bits per heavy atom. The second-order valence-corrected chi connectivity index (χ2v) is 10.3. The van der Waals surface area contributed by atoms with E-state index in [-0.39, 0.29) is 11.9 Å². The van der Waals surface area contributed by atoms with Crippen LogP contribution in [0.3, 0.4) is 0 Å². The number of carbonyl (C=O) groups is 1. The molecule has 2 aliphatic rings. The predicted molar refractivity (Wildman–Crippen MR) is 141 cm³/mol. The number of hydrogen-bond donors (Lipinski definition) is 2. The Kier molecular flexibility index (Phi) is 6.27. The summed E-state index contributed by atoms with van der Waals surface area (Å²) in [6, 6.07) is 16.5. The zero-order valence-electron chi connectivity index (χ0n) is 19.7. The van der Waals surface area contributed by atoms with Gasteiger partial charge in [-0.2, -0.15) is 16.4 Å². The van der Waals surface area contributed by atoms with Gasteiger partial charge in [0, 0.05) is 35.3 Å². The monoisotopic (exact) mass is 486 g/mol. The molecule has 0 spiro atoms. The molecule has 4 aromatic rings. The molecule has 2 N–H and O–H groups in total. The third-order valence-electron chi connectivity index (χ3n) is 7.40. The Balaban J connectivity index is 1.25. The summed E-state index contributed by atoms with van der Waals surface area (Å²) < 4.78 is 5.47. The second kappa shape index (κ2) is 9.84. The fourth-order valence-electron chi connectivity index (χ4n) is 5.47. The maximum Gasteiger partial charge on any atom is 0.251 e. The van der Waals surface area contributed by atoms with Crippen LogP contribution in [-0.2, 0) is 4.74 Å². The molecule has 0 radical (unpaired) electrons. The van der Waals surface area contributed by atoms with E-state index in [1.807, 2.05) is 18.2 Å². The normalized spacial score (nSPS) is 17.7. The average molecular weight is 487 g/mol. The molecular weight excluding hydrogens is 456 g/mol. The zero-order valence-corrected chi connectivity index (χ0v) is 20.5. The molecule has 7 heteroatoms. The summed E-state index contributed by atoms with van der Waals surface area (Å²) >= 11 is 1.69. The maximum atomic E-state index is 13.4. The van der Waals surface area contributed by atoms with Gasteiger partial charge in [0.15, 0.2) is 0 Å². The molecule has 1 amide bonds. The molecule has 0 bridgehead atoms. The first-order valence-corrected chi connectivity index (χ1v) is 13.4. The van der Waals surface area contributed by atoms with E-state index in [2.05, 4.69) is 61.5 Å². The van der Waals surface area contributed by atoms with Crippen LogP contribution in [0.2, 0.25) is 0 Å². The van der Waals surface area contributed by atoms with E-state index in [1.165, 1.54) is 36.9 Å². The number of aromatic amines is 1. The highest BCUT2D eigenvalue weighted by atomic mass is 32.1. The number of ether oxygens (including phenoxy) is 1. The third kappa shape index (κ3) is 4.58. The summed E-state index contributed by atoms with van der Waals surface area (Å²) in [6.45, 7) is 3.36. The van der Waals surface area contributed by atoms with E-state index in [4.69, 9.17) is 4.74 Å². The number of amides is 1. The number of rotatable bonds is 6. The molecule has 0 unspecified atom stereocenters. The van der Waals surface area contributed by atoms with Crippen LogP contribution in [0.5, 0.6) is 0 Å². The number of anilines is 1. The highest BCUT2D eigenvalue weighted by molar-refractivity contribution is 7.08. The van der Waals surface area contributed by atoms with Crippen LogP contribution in [-0.4, -0.2) is 42.4 Å². The molecule has 2 aromatic carbocycles. The van der Waals surface area contributed by atoms with Gasteiger partial charge in [0.1, 0.15) is 0 Å². The SMILES string of the molecule is O=C(N[C@@H](c1ccsc1)C1CCCC1)c1ccc2[nH]nc(-c3ccc(N4CCOCC4)cc3)c2c1. The molecular formula is C28H30N4O2S. The quantitative estimate of drug-likeness (QED) is 0.362. The summed E-state index contributed by atoms with van der Waals surface area (Å²) in [6.07, 6.45) is 4.84. The van der Waals surface area contributed by atoms with Crippen LogP contribution in [0.25, 0.3) is 22.2 Å². The van der Waals surface area contributed by atoms with Crippen molar-refractivity contribution in [3.8, 4) is 11.3 Å². The number of morpholine rings is 1. The lowest BCUT2D eigenvalue weighted by Gasteiger charge is -2.28. The number of carbonyl (C=O) groups excluding carboxylic acids is 1. The van der Waals surface area contributed by atoms with E-state index < -0.39 is 0 Å². The number of nitrogens with one attached hydrogen (secondary N) is 2. The Labute approximate surface area is 209 Å². The number of nitrogens with zero attached hydrogens (tertiary/aromatic N) is 2. The minimum Gasteiger partial charge on any atom is -0.378 e. The van der Waals surface area contributed by atoms with Crippen molar-refractivity contribution in [3.05, 3.63) is 70.4 Å². The fourth-order valence-corrected chi connectivity index (χ4v) is 6.16. The number of benzene rings is 2. The van der Waals surface area contributed by atoms with E-state index in [0.29, 0.717) is 11.5 Å². The first-order valence-electron chi connectivity index (χ1n) is 12.5. The van der Waals surface area contributed by atoms with Gasteiger partial charge < -0.3 is 15.0 Å². The summed E-state index contributed by atoms with van der Waals surface area (Å²) in [5.41, 5.74) is 5.92. The average Bonchev–Trinajstić information content (AvgIpc) is 3.70. The minimum atomic E-state index is -0.0233. The van der Waals surface area contributed by atoms with E-state index >= 15 is 0 Å². The van der Waals surface area contributed by atoms with Gasteiger partial charge in [0.05, 0.1) is 30.5 Å². The second-order valence-electron chi connectivity index (χ2n) is 9.53. The molecule has 1 aliphatic carbocycles. The summed E-state index contributed by atoms with van der Waals surface area (Å²) in [5.74, 6) is 0.483. The minimum absolute atomic E-state index is 0.0233. The van der Waals surface area contributed by atoms with E-state index in [1.54, 1.807) is 11.3 Å². The van der Waals surface area contributed by atoms with Crippen LogP contribution >= 0.6 is 11.3 Å². The topological polar surface area (TPSA) is 70.2 Å². The molecule has 1 aliphatic heterocycles. The van der Waals surface area contributed by atoms with E-state index in [9.17, 15) is 4.79 Å². The van der Waals surface area contributed by atoms with Crippen molar-refractivity contribution in [1.29, 1.82) is 0 Å².